The molecule has 22 heavy (non-hydrogen) atoms. The molecule has 110 valence electrons. The van der Waals surface area contributed by atoms with Gasteiger partial charge in [-0.3, -0.25) is 10.0 Å². The maximum atomic E-state index is 4.51. The van der Waals surface area contributed by atoms with E-state index in [1.54, 1.807) is 12.4 Å². The van der Waals surface area contributed by atoms with Crippen LogP contribution in [0.1, 0.15) is 11.1 Å². The quantitative estimate of drug-likeness (QED) is 0.813. The van der Waals surface area contributed by atoms with E-state index in [0.717, 1.165) is 25.9 Å². The van der Waals surface area contributed by atoms with Crippen molar-refractivity contribution in [2.24, 2.45) is 10.2 Å². The summed E-state index contributed by atoms with van der Waals surface area (Å²) in [6.07, 6.45) is 5.68. The molecule has 0 unspecified atom stereocenters. The van der Waals surface area contributed by atoms with Crippen LogP contribution in [0.15, 0.2) is 58.7 Å². The number of hydrogen-bond donors (Lipinski definition) is 0. The van der Waals surface area contributed by atoms with Gasteiger partial charge in [0.2, 0.25) is 0 Å². The van der Waals surface area contributed by atoms with Crippen molar-refractivity contribution in [2.75, 3.05) is 23.1 Å². The molecule has 0 spiro atoms. The van der Waals surface area contributed by atoms with E-state index in [1.807, 2.05) is 10.0 Å². The molecule has 0 fully saturated rings. The van der Waals surface area contributed by atoms with E-state index in [4.69, 9.17) is 0 Å². The van der Waals surface area contributed by atoms with Crippen molar-refractivity contribution < 1.29 is 0 Å². The Morgan fingerprint density at radius 1 is 0.682 bits per heavy atom. The van der Waals surface area contributed by atoms with Crippen LogP contribution in [0.2, 0.25) is 0 Å². The molecule has 4 rings (SSSR count). The predicted octanol–water partition coefficient (Wildman–Crippen LogP) is 3.08. The van der Waals surface area contributed by atoms with Gasteiger partial charge in [0.15, 0.2) is 0 Å². The lowest BCUT2D eigenvalue weighted by Crippen LogP contribution is -2.14. The Hall–Kier alpha value is -2.62. The number of hydrogen-bond acceptors (Lipinski definition) is 4. The van der Waals surface area contributed by atoms with E-state index in [-0.39, 0.29) is 0 Å². The van der Waals surface area contributed by atoms with Crippen LogP contribution < -0.4 is 10.0 Å². The molecular formula is C18H18N4. The van der Waals surface area contributed by atoms with Crippen LogP contribution in [0, 0.1) is 0 Å². The summed E-state index contributed by atoms with van der Waals surface area (Å²) in [6.45, 7) is 1.88. The zero-order valence-electron chi connectivity index (χ0n) is 12.4. The molecule has 0 saturated carbocycles. The number of anilines is 2. The first-order valence-electron chi connectivity index (χ1n) is 7.69. The summed E-state index contributed by atoms with van der Waals surface area (Å²) < 4.78 is 0. The van der Waals surface area contributed by atoms with Gasteiger partial charge in [0, 0.05) is 13.1 Å². The highest BCUT2D eigenvalue weighted by Gasteiger charge is 2.17. The Kier molecular flexibility index (Phi) is 3.35. The fourth-order valence-electron chi connectivity index (χ4n) is 3.10. The van der Waals surface area contributed by atoms with Crippen LogP contribution in [0.3, 0.4) is 0 Å². The molecule has 2 aromatic carbocycles. The van der Waals surface area contributed by atoms with Crippen LogP contribution in [-0.2, 0) is 12.8 Å². The normalized spacial score (nSPS) is 16.7. The fourth-order valence-corrected chi connectivity index (χ4v) is 3.10. The maximum Gasteiger partial charge on any atom is 0.0675 e. The molecule has 0 bridgehead atoms. The summed E-state index contributed by atoms with van der Waals surface area (Å²) in [5, 5.41) is 13.1. The highest BCUT2D eigenvalue weighted by atomic mass is 15.5. The molecule has 2 heterocycles. The third-order valence-electron chi connectivity index (χ3n) is 4.20. The first-order valence-corrected chi connectivity index (χ1v) is 7.69. The second-order valence-electron chi connectivity index (χ2n) is 5.53. The molecule has 0 N–H and O–H groups in total. The van der Waals surface area contributed by atoms with E-state index in [9.17, 15) is 0 Å². The Bertz CT molecular complexity index is 672. The highest BCUT2D eigenvalue weighted by Crippen LogP contribution is 2.28. The minimum Gasteiger partial charge on any atom is -0.265 e. The van der Waals surface area contributed by atoms with Crippen molar-refractivity contribution in [1.29, 1.82) is 0 Å². The van der Waals surface area contributed by atoms with E-state index in [0.29, 0.717) is 0 Å². The van der Waals surface area contributed by atoms with Gasteiger partial charge in [-0.05, 0) is 36.1 Å². The molecule has 0 amide bonds. The largest absolute Gasteiger partial charge is 0.265 e. The molecule has 4 heteroatoms. The average molecular weight is 290 g/mol. The Morgan fingerprint density at radius 2 is 1.14 bits per heavy atom. The molecule has 0 radical (unpaired) electrons. The molecule has 2 aliphatic rings. The van der Waals surface area contributed by atoms with Crippen molar-refractivity contribution in [2.45, 2.75) is 12.8 Å². The van der Waals surface area contributed by atoms with Crippen LogP contribution in [-0.4, -0.2) is 25.5 Å². The summed E-state index contributed by atoms with van der Waals surface area (Å²) in [5.74, 6) is 0. The summed E-state index contributed by atoms with van der Waals surface area (Å²) in [5.41, 5.74) is 5.15. The average Bonchev–Trinajstić information content (AvgIpc) is 3.16. The second-order valence-corrected chi connectivity index (χ2v) is 5.53. The standard InChI is InChI=1S/C18H18N4/c1-3-7-17-15(5-1)9-13-21(17)19-11-12-20-22-14-10-16-6-2-4-8-18(16)22/h1-8,11-12H,9-10,13-14H2/b19-11+,20-12+. The first kappa shape index (κ1) is 13.1. The predicted molar refractivity (Wildman–Crippen MR) is 92.0 cm³/mol. The molecule has 2 aromatic rings. The molecule has 0 saturated heterocycles. The number of fused-ring (bicyclic) bond motifs is 2. The molecule has 0 aromatic heterocycles. The number of nitrogens with zero attached hydrogens (tertiary/aromatic N) is 4. The smallest absolute Gasteiger partial charge is 0.0675 e. The monoisotopic (exact) mass is 290 g/mol. The van der Waals surface area contributed by atoms with Crippen molar-refractivity contribution in [1.82, 2.24) is 0 Å². The Morgan fingerprint density at radius 3 is 1.64 bits per heavy atom. The van der Waals surface area contributed by atoms with Gasteiger partial charge in [0.05, 0.1) is 23.8 Å². The second kappa shape index (κ2) is 5.64. The number of rotatable bonds is 3. The topological polar surface area (TPSA) is 31.2 Å². The van der Waals surface area contributed by atoms with Crippen molar-refractivity contribution in [3.63, 3.8) is 0 Å². The van der Waals surface area contributed by atoms with Crippen LogP contribution >= 0.6 is 0 Å². The van der Waals surface area contributed by atoms with Gasteiger partial charge in [-0.15, -0.1) is 0 Å². The lowest BCUT2D eigenvalue weighted by atomic mass is 10.2. The summed E-state index contributed by atoms with van der Waals surface area (Å²) >= 11 is 0. The minimum absolute atomic E-state index is 0.941. The third-order valence-corrected chi connectivity index (χ3v) is 4.20. The molecule has 0 aliphatic carbocycles. The van der Waals surface area contributed by atoms with Crippen LogP contribution in [0.4, 0.5) is 11.4 Å². The zero-order valence-corrected chi connectivity index (χ0v) is 12.4. The van der Waals surface area contributed by atoms with E-state index >= 15 is 0 Å². The van der Waals surface area contributed by atoms with E-state index < -0.39 is 0 Å². The summed E-state index contributed by atoms with van der Waals surface area (Å²) in [7, 11) is 0. The third kappa shape index (κ3) is 2.37. The zero-order chi connectivity index (χ0) is 14.8. The van der Waals surface area contributed by atoms with Crippen LogP contribution in [0.5, 0.6) is 0 Å². The fraction of sp³-hybridized carbons (Fsp3) is 0.222. The van der Waals surface area contributed by atoms with Gasteiger partial charge >= 0.3 is 0 Å². The molecule has 2 aliphatic heterocycles. The lowest BCUT2D eigenvalue weighted by molar-refractivity contribution is 0.892. The van der Waals surface area contributed by atoms with Gasteiger partial charge < -0.3 is 0 Å². The van der Waals surface area contributed by atoms with Gasteiger partial charge in [0.1, 0.15) is 0 Å². The van der Waals surface area contributed by atoms with Gasteiger partial charge in [-0.25, -0.2) is 0 Å². The number of para-hydroxylation sites is 2. The number of hydrazone groups is 2. The van der Waals surface area contributed by atoms with E-state index in [2.05, 4.69) is 58.7 Å². The van der Waals surface area contributed by atoms with Crippen molar-refractivity contribution >= 4 is 23.8 Å². The summed E-state index contributed by atoms with van der Waals surface area (Å²) in [6, 6.07) is 16.8. The SMILES string of the molecule is C(/C=N/N1CCc2ccccc21)=N\N1CCc2ccccc21. The van der Waals surface area contributed by atoms with Crippen LogP contribution in [0.25, 0.3) is 0 Å². The first-order chi connectivity index (χ1) is 10.9. The van der Waals surface area contributed by atoms with E-state index in [1.165, 1.54) is 22.5 Å². The maximum absolute atomic E-state index is 4.51. The Balaban J connectivity index is 1.44. The van der Waals surface area contributed by atoms with Gasteiger partial charge in [-0.1, -0.05) is 36.4 Å². The van der Waals surface area contributed by atoms with Gasteiger partial charge in [0.25, 0.3) is 0 Å². The lowest BCUT2D eigenvalue weighted by Gasteiger charge is -2.12. The number of benzene rings is 2. The van der Waals surface area contributed by atoms with Crippen molar-refractivity contribution in [3.05, 3.63) is 59.7 Å². The summed E-state index contributed by atoms with van der Waals surface area (Å²) in [4.78, 5) is 0. The van der Waals surface area contributed by atoms with Crippen molar-refractivity contribution in [3.8, 4) is 0 Å². The Labute approximate surface area is 130 Å². The minimum atomic E-state index is 0.941. The highest BCUT2D eigenvalue weighted by molar-refractivity contribution is 6.16. The van der Waals surface area contributed by atoms with Gasteiger partial charge in [-0.2, -0.15) is 10.2 Å². The molecule has 4 nitrogen and oxygen atoms in total. The molecule has 0 atom stereocenters. The molecular weight excluding hydrogens is 272 g/mol.